The molecule has 0 saturated carbocycles. The lowest BCUT2D eigenvalue weighted by Crippen LogP contribution is -2.15. The molecule has 0 fully saturated rings. The summed E-state index contributed by atoms with van der Waals surface area (Å²) in [5, 5.41) is 11.6. The van der Waals surface area contributed by atoms with Crippen LogP contribution in [0.25, 0.3) is 5.65 Å². The van der Waals surface area contributed by atoms with Crippen molar-refractivity contribution in [1.82, 2.24) is 9.38 Å². The number of carboxylic acid groups (broad SMARTS) is 1. The van der Waals surface area contributed by atoms with Crippen molar-refractivity contribution in [2.45, 2.75) is 13.3 Å². The number of rotatable bonds is 4. The summed E-state index contributed by atoms with van der Waals surface area (Å²) in [5.41, 5.74) is 3.13. The Balaban J connectivity index is 1.73. The molecule has 2 heterocycles. The molecule has 0 atom stereocenters. The van der Waals surface area contributed by atoms with Gasteiger partial charge in [0.15, 0.2) is 0 Å². The molecule has 6 nitrogen and oxygen atoms in total. The minimum atomic E-state index is -1.03. The second kappa shape index (κ2) is 5.92. The number of carbonyl (C=O) groups excluding carboxylic acids is 1. The number of benzene rings is 1. The van der Waals surface area contributed by atoms with Crippen LogP contribution in [0.1, 0.15) is 21.6 Å². The van der Waals surface area contributed by atoms with E-state index in [1.165, 1.54) is 12.1 Å². The van der Waals surface area contributed by atoms with Crippen LogP contribution in [0.4, 0.5) is 5.69 Å². The maximum atomic E-state index is 12.1. The highest BCUT2D eigenvalue weighted by Gasteiger charge is 2.09. The third kappa shape index (κ3) is 3.37. The van der Waals surface area contributed by atoms with E-state index in [-0.39, 0.29) is 17.9 Å². The molecule has 3 aromatic rings. The Morgan fingerprint density at radius 1 is 1.26 bits per heavy atom. The van der Waals surface area contributed by atoms with Crippen LogP contribution in [0.5, 0.6) is 0 Å². The molecular formula is C17H15N3O3. The zero-order chi connectivity index (χ0) is 16.4. The van der Waals surface area contributed by atoms with E-state index >= 15 is 0 Å². The molecule has 3 rings (SSSR count). The van der Waals surface area contributed by atoms with Gasteiger partial charge in [-0.25, -0.2) is 9.78 Å². The van der Waals surface area contributed by atoms with Crippen molar-refractivity contribution in [3.05, 3.63) is 65.6 Å². The van der Waals surface area contributed by atoms with E-state index in [9.17, 15) is 9.59 Å². The first kappa shape index (κ1) is 14.8. The van der Waals surface area contributed by atoms with E-state index in [0.29, 0.717) is 11.4 Å². The van der Waals surface area contributed by atoms with Crippen LogP contribution in [0.15, 0.2) is 48.8 Å². The van der Waals surface area contributed by atoms with Crippen molar-refractivity contribution in [1.29, 1.82) is 0 Å². The number of nitrogens with zero attached hydrogens (tertiary/aromatic N) is 2. The van der Waals surface area contributed by atoms with Crippen LogP contribution >= 0.6 is 0 Å². The Morgan fingerprint density at radius 3 is 2.87 bits per heavy atom. The molecule has 0 aliphatic heterocycles. The Bertz CT molecular complexity index is 899. The third-order valence-electron chi connectivity index (χ3n) is 3.40. The van der Waals surface area contributed by atoms with Crippen LogP contribution in [0, 0.1) is 6.92 Å². The largest absolute Gasteiger partial charge is 0.478 e. The van der Waals surface area contributed by atoms with E-state index in [2.05, 4.69) is 10.3 Å². The summed E-state index contributed by atoms with van der Waals surface area (Å²) < 4.78 is 1.86. The van der Waals surface area contributed by atoms with Crippen molar-refractivity contribution in [2.24, 2.45) is 0 Å². The van der Waals surface area contributed by atoms with Crippen molar-refractivity contribution < 1.29 is 14.7 Å². The van der Waals surface area contributed by atoms with E-state index in [0.717, 1.165) is 11.2 Å². The van der Waals surface area contributed by atoms with Gasteiger partial charge in [0.2, 0.25) is 5.91 Å². The third-order valence-corrected chi connectivity index (χ3v) is 3.40. The van der Waals surface area contributed by atoms with Crippen LogP contribution in [0.2, 0.25) is 0 Å². The van der Waals surface area contributed by atoms with Gasteiger partial charge in [0, 0.05) is 18.1 Å². The first-order valence-corrected chi connectivity index (χ1v) is 7.09. The molecule has 0 aliphatic rings. The molecule has 0 unspecified atom stereocenters. The summed E-state index contributed by atoms with van der Waals surface area (Å²) in [5.74, 6) is -1.27. The smallest absolute Gasteiger partial charge is 0.335 e. The summed E-state index contributed by atoms with van der Waals surface area (Å²) in [7, 11) is 0. The van der Waals surface area contributed by atoms with Gasteiger partial charge < -0.3 is 14.8 Å². The average Bonchev–Trinajstić information content (AvgIpc) is 2.88. The number of aromatic nitrogens is 2. The van der Waals surface area contributed by atoms with Gasteiger partial charge in [-0.2, -0.15) is 0 Å². The Kier molecular flexibility index (Phi) is 3.80. The second-order valence-electron chi connectivity index (χ2n) is 5.31. The molecule has 116 valence electrons. The topological polar surface area (TPSA) is 83.7 Å². The van der Waals surface area contributed by atoms with Gasteiger partial charge in [0.1, 0.15) is 5.65 Å². The van der Waals surface area contributed by atoms with Crippen molar-refractivity contribution in [3.63, 3.8) is 0 Å². The van der Waals surface area contributed by atoms with Crippen LogP contribution in [-0.4, -0.2) is 26.4 Å². The molecule has 0 spiro atoms. The van der Waals surface area contributed by atoms with E-state index in [4.69, 9.17) is 5.11 Å². The monoisotopic (exact) mass is 309 g/mol. The van der Waals surface area contributed by atoms with Gasteiger partial charge in [-0.1, -0.05) is 6.07 Å². The number of hydrogen-bond acceptors (Lipinski definition) is 3. The lowest BCUT2D eigenvalue weighted by atomic mass is 10.2. The maximum Gasteiger partial charge on any atom is 0.335 e. The van der Waals surface area contributed by atoms with Gasteiger partial charge >= 0.3 is 5.97 Å². The summed E-state index contributed by atoms with van der Waals surface area (Å²) in [6.07, 6.45) is 3.83. The first-order chi connectivity index (χ1) is 11.0. The second-order valence-corrected chi connectivity index (χ2v) is 5.31. The fourth-order valence-corrected chi connectivity index (χ4v) is 2.32. The molecule has 2 aromatic heterocycles. The molecule has 2 N–H and O–H groups in total. The number of carbonyl (C=O) groups is 2. The number of amides is 1. The number of anilines is 1. The number of aromatic carboxylic acids is 1. The standard InChI is InChI=1S/C17H15N3O3/c1-11-5-6-20-10-14(18-15(20)7-11)9-16(21)19-13-4-2-3-12(8-13)17(22)23/h2-8,10H,9H2,1H3,(H,19,21)(H,22,23). The normalized spacial score (nSPS) is 10.7. The molecular weight excluding hydrogens is 294 g/mol. The Morgan fingerprint density at radius 2 is 2.09 bits per heavy atom. The highest BCUT2D eigenvalue weighted by molar-refractivity contribution is 5.94. The van der Waals surface area contributed by atoms with Gasteiger partial charge in [0.05, 0.1) is 17.7 Å². The molecule has 0 bridgehead atoms. The molecule has 6 heteroatoms. The number of imidazole rings is 1. The maximum absolute atomic E-state index is 12.1. The molecule has 23 heavy (non-hydrogen) atoms. The Hall–Kier alpha value is -3.15. The zero-order valence-electron chi connectivity index (χ0n) is 12.5. The fourth-order valence-electron chi connectivity index (χ4n) is 2.32. The van der Waals surface area contributed by atoms with E-state index in [1.54, 1.807) is 12.1 Å². The van der Waals surface area contributed by atoms with Crippen LogP contribution in [0.3, 0.4) is 0 Å². The number of aryl methyl sites for hydroxylation is 1. The number of nitrogens with one attached hydrogen (secondary N) is 1. The van der Waals surface area contributed by atoms with Crippen LogP contribution < -0.4 is 5.32 Å². The number of carboxylic acids is 1. The van der Waals surface area contributed by atoms with Crippen LogP contribution in [-0.2, 0) is 11.2 Å². The number of pyridine rings is 1. The fraction of sp³-hybridized carbons (Fsp3) is 0.118. The van der Waals surface area contributed by atoms with E-state index < -0.39 is 5.97 Å². The molecule has 0 radical (unpaired) electrons. The summed E-state index contributed by atoms with van der Waals surface area (Å²) in [6.45, 7) is 1.98. The molecule has 1 aromatic carbocycles. The molecule has 1 amide bonds. The van der Waals surface area contributed by atoms with E-state index in [1.807, 2.05) is 35.9 Å². The van der Waals surface area contributed by atoms with Crippen molar-refractivity contribution >= 4 is 23.2 Å². The zero-order valence-corrected chi connectivity index (χ0v) is 12.5. The van der Waals surface area contributed by atoms with Gasteiger partial charge in [-0.15, -0.1) is 0 Å². The van der Waals surface area contributed by atoms with Crippen molar-refractivity contribution in [3.8, 4) is 0 Å². The highest BCUT2D eigenvalue weighted by Crippen LogP contribution is 2.12. The highest BCUT2D eigenvalue weighted by atomic mass is 16.4. The quantitative estimate of drug-likeness (QED) is 0.775. The first-order valence-electron chi connectivity index (χ1n) is 7.09. The minimum Gasteiger partial charge on any atom is -0.478 e. The summed E-state index contributed by atoms with van der Waals surface area (Å²) >= 11 is 0. The molecule has 0 aliphatic carbocycles. The minimum absolute atomic E-state index is 0.123. The number of fused-ring (bicyclic) bond motifs is 1. The average molecular weight is 309 g/mol. The summed E-state index contributed by atoms with van der Waals surface area (Å²) in [6, 6.07) is 10.0. The SMILES string of the molecule is Cc1ccn2cc(CC(=O)Nc3cccc(C(=O)O)c3)nc2c1. The Labute approximate surface area is 132 Å². The van der Waals surface area contributed by atoms with Crippen molar-refractivity contribution in [2.75, 3.05) is 5.32 Å². The van der Waals surface area contributed by atoms with Gasteiger partial charge in [-0.3, -0.25) is 4.79 Å². The summed E-state index contributed by atoms with van der Waals surface area (Å²) in [4.78, 5) is 27.4. The van der Waals surface area contributed by atoms with Gasteiger partial charge in [-0.05, 0) is 42.8 Å². The predicted molar refractivity (Wildman–Crippen MR) is 85.7 cm³/mol. The number of hydrogen-bond donors (Lipinski definition) is 2. The predicted octanol–water partition coefficient (Wildman–Crippen LogP) is 2.52. The van der Waals surface area contributed by atoms with Gasteiger partial charge in [0.25, 0.3) is 0 Å². The lowest BCUT2D eigenvalue weighted by Gasteiger charge is -2.04. The lowest BCUT2D eigenvalue weighted by molar-refractivity contribution is -0.115. The molecule has 0 saturated heterocycles.